The molecular weight excluding hydrogens is 435 g/mol. The van der Waals surface area contributed by atoms with Gasteiger partial charge in [0.05, 0.1) is 11.0 Å². The average molecular weight is 453 g/mol. The Kier molecular flexibility index (Phi) is 6.42. The van der Waals surface area contributed by atoms with Crippen LogP contribution in [0.25, 0.3) is 0 Å². The monoisotopic (exact) mass is 452 g/mol. The van der Waals surface area contributed by atoms with Crippen LogP contribution in [0.4, 0.5) is 14.9 Å². The minimum atomic E-state index is -0.915. The van der Waals surface area contributed by atoms with Crippen LogP contribution in [0.15, 0.2) is 53.6 Å². The number of nitrogens with zero attached hydrogens (tertiary/aromatic N) is 3. The Hall–Kier alpha value is -2.20. The molecule has 2 N–H and O–H groups in total. The summed E-state index contributed by atoms with van der Waals surface area (Å²) in [7, 11) is 0. The zero-order chi connectivity index (χ0) is 21.2. The number of carbonyl (C=O) groups excluding carboxylic acids is 1. The van der Waals surface area contributed by atoms with Gasteiger partial charge in [-0.25, -0.2) is 14.2 Å². The number of rotatable bonds is 4. The summed E-state index contributed by atoms with van der Waals surface area (Å²) >= 11 is 12.6. The molecule has 2 aromatic carbocycles. The van der Waals surface area contributed by atoms with Crippen molar-refractivity contribution in [1.82, 2.24) is 10.1 Å². The molecule has 0 saturated carbocycles. The third-order valence-electron chi connectivity index (χ3n) is 4.13. The molecular formula is C19H18ClFN4O2S2. The molecule has 29 heavy (non-hydrogen) atoms. The predicted octanol–water partition coefficient (Wildman–Crippen LogP) is 5.17. The van der Waals surface area contributed by atoms with Crippen molar-refractivity contribution in [2.45, 2.75) is 24.8 Å². The van der Waals surface area contributed by atoms with Crippen LogP contribution in [0.5, 0.6) is 0 Å². The maximum Gasteiger partial charge on any atom is 0.347 e. The van der Waals surface area contributed by atoms with Crippen molar-refractivity contribution in [2.24, 2.45) is 5.10 Å². The summed E-state index contributed by atoms with van der Waals surface area (Å²) < 4.78 is 13.6. The van der Waals surface area contributed by atoms with Gasteiger partial charge in [-0.15, -0.1) is 0 Å². The number of hydrogen-bond donors (Lipinski definition) is 2. The van der Waals surface area contributed by atoms with Gasteiger partial charge in [0.1, 0.15) is 5.82 Å². The topological polar surface area (TPSA) is 68.2 Å². The minimum absolute atomic E-state index is 0.261. The van der Waals surface area contributed by atoms with Crippen LogP contribution in [-0.2, 0) is 0 Å². The summed E-state index contributed by atoms with van der Waals surface area (Å²) in [5, 5.41) is 19.8. The first kappa shape index (κ1) is 21.5. The number of urea groups is 1. The molecule has 0 radical (unpaired) electrons. The van der Waals surface area contributed by atoms with E-state index in [0.717, 1.165) is 0 Å². The van der Waals surface area contributed by atoms with Crippen LogP contribution in [-0.4, -0.2) is 42.8 Å². The summed E-state index contributed by atoms with van der Waals surface area (Å²) in [6.07, 6.45) is 0.390. The lowest BCUT2D eigenvalue weighted by Gasteiger charge is -2.34. The molecule has 1 unspecified atom stereocenters. The smallest absolute Gasteiger partial charge is 0.306 e. The van der Waals surface area contributed by atoms with E-state index < -0.39 is 22.8 Å². The molecule has 0 aromatic heterocycles. The zero-order valence-electron chi connectivity index (χ0n) is 15.5. The van der Waals surface area contributed by atoms with E-state index >= 15 is 0 Å². The van der Waals surface area contributed by atoms with Gasteiger partial charge < -0.3 is 5.32 Å². The van der Waals surface area contributed by atoms with Crippen LogP contribution in [0.2, 0.25) is 5.02 Å². The van der Waals surface area contributed by atoms with E-state index in [1.807, 2.05) is 13.8 Å². The predicted molar refractivity (Wildman–Crippen MR) is 118 cm³/mol. The third kappa shape index (κ3) is 4.87. The minimum Gasteiger partial charge on any atom is -0.306 e. The van der Waals surface area contributed by atoms with Gasteiger partial charge in [0, 0.05) is 16.3 Å². The Morgan fingerprint density at radius 3 is 2.79 bits per heavy atom. The van der Waals surface area contributed by atoms with Crippen LogP contribution >= 0.6 is 35.6 Å². The highest BCUT2D eigenvalue weighted by Gasteiger charge is 2.50. The number of amides is 2. The molecule has 1 fully saturated rings. The number of hydroxylamine groups is 2. The lowest BCUT2D eigenvalue weighted by Crippen LogP contribution is -2.54. The zero-order valence-corrected chi connectivity index (χ0v) is 17.9. The molecule has 1 aliphatic rings. The number of benzene rings is 2. The van der Waals surface area contributed by atoms with Gasteiger partial charge in [-0.05, 0) is 38.1 Å². The highest BCUT2D eigenvalue weighted by atomic mass is 35.5. The van der Waals surface area contributed by atoms with E-state index in [0.29, 0.717) is 20.1 Å². The van der Waals surface area contributed by atoms with Gasteiger partial charge in [-0.2, -0.15) is 10.2 Å². The highest BCUT2D eigenvalue weighted by Crippen LogP contribution is 2.42. The fourth-order valence-corrected chi connectivity index (χ4v) is 4.77. The normalized spacial score (nSPS) is 18.3. The molecule has 152 valence electrons. The SMILES string of the molecule is CC1(C)SC(=S)N(N=Cc2ccccc2F)C1N(O)C(=O)Nc1cccc(Cl)c1. The molecule has 3 rings (SSSR count). The fraction of sp³-hybridized carbons (Fsp3) is 0.211. The third-order valence-corrected chi connectivity index (χ3v) is 5.90. The molecule has 2 amide bonds. The van der Waals surface area contributed by atoms with Crippen molar-refractivity contribution in [3.05, 3.63) is 64.9 Å². The van der Waals surface area contributed by atoms with E-state index in [1.54, 1.807) is 42.5 Å². The quantitative estimate of drug-likeness (QED) is 0.290. The standard InChI is InChI=1S/C19H18ClFN4O2S2/c1-19(2)16(25(27)17(26)23-14-8-5-7-13(20)10-14)24(18(28)29-19)22-11-12-6-3-4-9-15(12)21/h3-11,16,27H,1-2H3,(H,23,26). The molecule has 0 spiro atoms. The van der Waals surface area contributed by atoms with Crippen molar-refractivity contribution in [1.29, 1.82) is 0 Å². The first-order valence-corrected chi connectivity index (χ1v) is 10.1. The number of nitrogens with one attached hydrogen (secondary N) is 1. The Balaban J connectivity index is 1.84. The number of anilines is 1. The molecule has 1 heterocycles. The van der Waals surface area contributed by atoms with Crippen molar-refractivity contribution < 1.29 is 14.4 Å². The molecule has 1 saturated heterocycles. The lowest BCUT2D eigenvalue weighted by atomic mass is 10.1. The van der Waals surface area contributed by atoms with Gasteiger partial charge in [0.2, 0.25) is 0 Å². The Labute approximate surface area is 182 Å². The van der Waals surface area contributed by atoms with Crippen molar-refractivity contribution in [3.63, 3.8) is 0 Å². The first-order chi connectivity index (χ1) is 13.7. The van der Waals surface area contributed by atoms with Crippen molar-refractivity contribution >= 4 is 57.8 Å². The second kappa shape index (κ2) is 8.66. The second-order valence-electron chi connectivity index (χ2n) is 6.74. The van der Waals surface area contributed by atoms with E-state index in [2.05, 4.69) is 10.4 Å². The van der Waals surface area contributed by atoms with Gasteiger partial charge in [0.25, 0.3) is 0 Å². The molecule has 2 aromatic rings. The van der Waals surface area contributed by atoms with Gasteiger partial charge >= 0.3 is 6.03 Å². The second-order valence-corrected chi connectivity index (χ2v) is 9.47. The largest absolute Gasteiger partial charge is 0.347 e. The summed E-state index contributed by atoms with van der Waals surface area (Å²) in [5.41, 5.74) is 0.686. The van der Waals surface area contributed by atoms with Crippen molar-refractivity contribution in [2.75, 3.05) is 5.32 Å². The van der Waals surface area contributed by atoms with Gasteiger partial charge in [0.15, 0.2) is 10.5 Å². The molecule has 0 aliphatic carbocycles. The fourth-order valence-electron chi connectivity index (χ4n) is 2.79. The number of hydrazone groups is 1. The summed E-state index contributed by atoms with van der Waals surface area (Å²) in [4.78, 5) is 12.6. The summed E-state index contributed by atoms with van der Waals surface area (Å²) in [6.45, 7) is 3.65. The number of thiocarbonyl (C=S) groups is 1. The van der Waals surface area contributed by atoms with Crippen LogP contribution in [0.1, 0.15) is 19.4 Å². The van der Waals surface area contributed by atoms with Gasteiger partial charge in [-0.1, -0.05) is 59.8 Å². The highest BCUT2D eigenvalue weighted by molar-refractivity contribution is 8.24. The summed E-state index contributed by atoms with van der Waals surface area (Å²) in [5.74, 6) is -0.440. The van der Waals surface area contributed by atoms with Crippen molar-refractivity contribution in [3.8, 4) is 0 Å². The van der Waals surface area contributed by atoms with Crippen LogP contribution in [0.3, 0.4) is 0 Å². The molecule has 1 aliphatic heterocycles. The molecule has 0 bridgehead atoms. The van der Waals surface area contributed by atoms with Crippen LogP contribution in [0, 0.1) is 5.82 Å². The Morgan fingerprint density at radius 2 is 2.10 bits per heavy atom. The van der Waals surface area contributed by atoms with E-state index in [-0.39, 0.29) is 5.56 Å². The van der Waals surface area contributed by atoms with Gasteiger partial charge in [-0.3, -0.25) is 5.21 Å². The Morgan fingerprint density at radius 1 is 1.38 bits per heavy atom. The van der Waals surface area contributed by atoms with E-state index in [9.17, 15) is 14.4 Å². The number of hydrogen-bond acceptors (Lipinski definition) is 5. The van der Waals surface area contributed by atoms with E-state index in [1.165, 1.54) is 29.1 Å². The number of thioether (sulfide) groups is 1. The molecule has 1 atom stereocenters. The number of halogens is 2. The van der Waals surface area contributed by atoms with E-state index in [4.69, 9.17) is 23.8 Å². The Bertz CT molecular complexity index is 973. The maximum atomic E-state index is 13.9. The first-order valence-electron chi connectivity index (χ1n) is 8.54. The van der Waals surface area contributed by atoms with Crippen LogP contribution < -0.4 is 5.32 Å². The lowest BCUT2D eigenvalue weighted by molar-refractivity contribution is -0.114. The average Bonchev–Trinajstić information content (AvgIpc) is 2.88. The summed E-state index contributed by atoms with van der Waals surface area (Å²) in [6, 6.07) is 11.9. The number of carbonyl (C=O) groups is 1. The maximum absolute atomic E-state index is 13.9. The molecule has 10 heteroatoms. The molecule has 6 nitrogen and oxygen atoms in total.